The second-order valence-corrected chi connectivity index (χ2v) is 4.97. The molecule has 0 aliphatic heterocycles. The molecular formula is C16H14N4O3. The molecule has 0 atom stereocenters. The highest BCUT2D eigenvalue weighted by Gasteiger charge is 2.13. The zero-order chi connectivity index (χ0) is 16.2. The van der Waals surface area contributed by atoms with E-state index in [9.17, 15) is 9.59 Å². The van der Waals surface area contributed by atoms with Crippen molar-refractivity contribution in [2.45, 2.75) is 12.8 Å². The summed E-state index contributed by atoms with van der Waals surface area (Å²) >= 11 is 0. The molecule has 0 unspecified atom stereocenters. The monoisotopic (exact) mass is 310 g/mol. The number of aromatic amines is 1. The van der Waals surface area contributed by atoms with Crippen molar-refractivity contribution in [2.24, 2.45) is 0 Å². The SMILES string of the molecule is O=C(O)CCc1cc(-c2ccccc2)n(-c2ccc(=O)[nH]n2)n1. The largest absolute Gasteiger partial charge is 0.481 e. The van der Waals surface area contributed by atoms with E-state index < -0.39 is 5.97 Å². The van der Waals surface area contributed by atoms with Crippen molar-refractivity contribution in [3.63, 3.8) is 0 Å². The number of benzene rings is 1. The van der Waals surface area contributed by atoms with E-state index in [0.29, 0.717) is 17.9 Å². The Morgan fingerprint density at radius 2 is 1.96 bits per heavy atom. The van der Waals surface area contributed by atoms with Crippen molar-refractivity contribution in [1.29, 1.82) is 0 Å². The van der Waals surface area contributed by atoms with Gasteiger partial charge in [0.2, 0.25) is 0 Å². The van der Waals surface area contributed by atoms with Crippen LogP contribution in [0.4, 0.5) is 0 Å². The highest BCUT2D eigenvalue weighted by molar-refractivity contribution is 5.67. The average molecular weight is 310 g/mol. The first-order valence-electron chi connectivity index (χ1n) is 7.06. The molecule has 0 radical (unpaired) electrons. The number of carboxylic acids is 1. The molecule has 7 heteroatoms. The Hall–Kier alpha value is -3.22. The molecule has 0 saturated carbocycles. The van der Waals surface area contributed by atoms with Crippen molar-refractivity contribution in [1.82, 2.24) is 20.0 Å². The van der Waals surface area contributed by atoms with Crippen LogP contribution >= 0.6 is 0 Å². The minimum atomic E-state index is -0.872. The first-order chi connectivity index (χ1) is 11.1. The number of H-pyrrole nitrogens is 1. The number of carbonyl (C=O) groups is 1. The number of aromatic nitrogens is 4. The van der Waals surface area contributed by atoms with Crippen LogP contribution < -0.4 is 5.56 Å². The molecular weight excluding hydrogens is 296 g/mol. The number of rotatable bonds is 5. The number of aliphatic carboxylic acids is 1. The Kier molecular flexibility index (Phi) is 4.01. The molecule has 2 heterocycles. The van der Waals surface area contributed by atoms with E-state index >= 15 is 0 Å². The third-order valence-electron chi connectivity index (χ3n) is 3.31. The molecule has 2 N–H and O–H groups in total. The van der Waals surface area contributed by atoms with E-state index in [-0.39, 0.29) is 12.0 Å². The normalized spacial score (nSPS) is 10.6. The number of hydrogen-bond acceptors (Lipinski definition) is 4. The van der Waals surface area contributed by atoms with Crippen LogP contribution in [0, 0.1) is 0 Å². The fourth-order valence-electron chi connectivity index (χ4n) is 2.23. The maximum Gasteiger partial charge on any atom is 0.303 e. The third kappa shape index (κ3) is 3.34. The van der Waals surface area contributed by atoms with Gasteiger partial charge in [0.05, 0.1) is 17.8 Å². The summed E-state index contributed by atoms with van der Waals surface area (Å²) in [5.41, 5.74) is 2.06. The first kappa shape index (κ1) is 14.7. The summed E-state index contributed by atoms with van der Waals surface area (Å²) in [6.07, 6.45) is 0.329. The molecule has 0 spiro atoms. The van der Waals surface area contributed by atoms with Gasteiger partial charge in [0.25, 0.3) is 5.56 Å². The molecule has 3 aromatic rings. The van der Waals surface area contributed by atoms with Crippen molar-refractivity contribution < 1.29 is 9.90 Å². The van der Waals surface area contributed by atoms with Gasteiger partial charge in [0.15, 0.2) is 5.82 Å². The fraction of sp³-hybridized carbons (Fsp3) is 0.125. The van der Waals surface area contributed by atoms with Crippen LogP contribution in [0.1, 0.15) is 12.1 Å². The maximum atomic E-state index is 11.2. The van der Waals surface area contributed by atoms with Gasteiger partial charge in [-0.05, 0) is 12.1 Å². The second-order valence-electron chi connectivity index (χ2n) is 4.97. The average Bonchev–Trinajstić information content (AvgIpc) is 2.99. The Labute approximate surface area is 131 Å². The second kappa shape index (κ2) is 6.27. The van der Waals surface area contributed by atoms with Gasteiger partial charge in [-0.3, -0.25) is 9.59 Å². The predicted molar refractivity (Wildman–Crippen MR) is 83.4 cm³/mol. The molecule has 0 aliphatic rings. The summed E-state index contributed by atoms with van der Waals surface area (Å²) in [7, 11) is 0. The van der Waals surface area contributed by atoms with Gasteiger partial charge in [-0.1, -0.05) is 30.3 Å². The molecule has 0 saturated heterocycles. The third-order valence-corrected chi connectivity index (χ3v) is 3.31. The topological polar surface area (TPSA) is 101 Å². The molecule has 116 valence electrons. The van der Waals surface area contributed by atoms with E-state index in [0.717, 1.165) is 11.3 Å². The van der Waals surface area contributed by atoms with Gasteiger partial charge in [-0.15, -0.1) is 0 Å². The van der Waals surface area contributed by atoms with Crippen LogP contribution in [-0.4, -0.2) is 31.1 Å². The standard InChI is InChI=1S/C16H14N4O3/c21-15-8-7-14(17-18-15)20-13(11-4-2-1-3-5-11)10-12(19-20)6-9-16(22)23/h1-5,7-8,10H,6,9H2,(H,18,21)(H,22,23). The predicted octanol–water partition coefficient (Wildman–Crippen LogP) is 1.64. The van der Waals surface area contributed by atoms with Crippen LogP contribution in [0.2, 0.25) is 0 Å². The molecule has 0 aliphatic carbocycles. The van der Waals surface area contributed by atoms with Gasteiger partial charge in [-0.2, -0.15) is 10.2 Å². The molecule has 7 nitrogen and oxygen atoms in total. The van der Waals surface area contributed by atoms with E-state index in [1.165, 1.54) is 6.07 Å². The van der Waals surface area contributed by atoms with Gasteiger partial charge < -0.3 is 5.11 Å². The number of nitrogens with one attached hydrogen (secondary N) is 1. The molecule has 1 aromatic carbocycles. The maximum absolute atomic E-state index is 11.2. The van der Waals surface area contributed by atoms with Gasteiger partial charge >= 0.3 is 5.97 Å². The summed E-state index contributed by atoms with van der Waals surface area (Å²) < 4.78 is 1.60. The molecule has 0 bridgehead atoms. The molecule has 0 amide bonds. The van der Waals surface area contributed by atoms with E-state index in [2.05, 4.69) is 15.3 Å². The van der Waals surface area contributed by atoms with Crippen LogP contribution in [0.3, 0.4) is 0 Å². The molecule has 3 rings (SSSR count). The first-order valence-corrected chi connectivity index (χ1v) is 7.06. The zero-order valence-electron chi connectivity index (χ0n) is 12.1. The lowest BCUT2D eigenvalue weighted by molar-refractivity contribution is -0.136. The Morgan fingerprint density at radius 1 is 1.17 bits per heavy atom. The molecule has 0 fully saturated rings. The Morgan fingerprint density at radius 3 is 2.61 bits per heavy atom. The Balaban J connectivity index is 2.06. The number of aryl methyl sites for hydroxylation is 1. The summed E-state index contributed by atoms with van der Waals surface area (Å²) in [5, 5.41) is 19.6. The van der Waals surface area contributed by atoms with Gasteiger partial charge in [-0.25, -0.2) is 9.78 Å². The minimum Gasteiger partial charge on any atom is -0.481 e. The van der Waals surface area contributed by atoms with Crippen LogP contribution in [-0.2, 0) is 11.2 Å². The van der Waals surface area contributed by atoms with Gasteiger partial charge in [0.1, 0.15) is 0 Å². The fourth-order valence-corrected chi connectivity index (χ4v) is 2.23. The van der Waals surface area contributed by atoms with E-state index in [4.69, 9.17) is 5.11 Å². The highest BCUT2D eigenvalue weighted by Crippen LogP contribution is 2.23. The quantitative estimate of drug-likeness (QED) is 0.746. The van der Waals surface area contributed by atoms with Crippen LogP contribution in [0.5, 0.6) is 0 Å². The smallest absolute Gasteiger partial charge is 0.303 e. The summed E-state index contributed by atoms with van der Waals surface area (Å²) in [6.45, 7) is 0. The van der Waals surface area contributed by atoms with Crippen molar-refractivity contribution in [3.05, 3.63) is 64.6 Å². The van der Waals surface area contributed by atoms with Crippen molar-refractivity contribution in [3.8, 4) is 17.1 Å². The summed E-state index contributed by atoms with van der Waals surface area (Å²) in [5.74, 6) is -0.409. The highest BCUT2D eigenvalue weighted by atomic mass is 16.4. The lowest BCUT2D eigenvalue weighted by Crippen LogP contribution is -2.10. The van der Waals surface area contributed by atoms with Crippen molar-refractivity contribution in [2.75, 3.05) is 0 Å². The molecule has 2 aromatic heterocycles. The van der Waals surface area contributed by atoms with Gasteiger partial charge in [0, 0.05) is 18.1 Å². The zero-order valence-corrected chi connectivity index (χ0v) is 12.1. The van der Waals surface area contributed by atoms with Crippen LogP contribution in [0.15, 0.2) is 53.3 Å². The molecule has 23 heavy (non-hydrogen) atoms. The van der Waals surface area contributed by atoms with E-state index in [1.54, 1.807) is 10.7 Å². The summed E-state index contributed by atoms with van der Waals surface area (Å²) in [4.78, 5) is 21.9. The summed E-state index contributed by atoms with van der Waals surface area (Å²) in [6, 6.07) is 14.4. The minimum absolute atomic E-state index is 0.00426. The van der Waals surface area contributed by atoms with E-state index in [1.807, 2.05) is 36.4 Å². The number of hydrogen-bond donors (Lipinski definition) is 2. The van der Waals surface area contributed by atoms with Crippen LogP contribution in [0.25, 0.3) is 17.1 Å². The lowest BCUT2D eigenvalue weighted by Gasteiger charge is -2.05. The Bertz CT molecular complexity index is 863. The number of nitrogens with zero attached hydrogens (tertiary/aromatic N) is 3. The number of carboxylic acid groups (broad SMARTS) is 1. The van der Waals surface area contributed by atoms with Crippen molar-refractivity contribution >= 4 is 5.97 Å². The lowest BCUT2D eigenvalue weighted by atomic mass is 10.1.